The fraction of sp³-hybridized carbons (Fsp3) is 0.538. The van der Waals surface area contributed by atoms with Crippen molar-refractivity contribution in [1.82, 2.24) is 5.32 Å². The molecule has 1 fully saturated rings. The highest BCUT2D eigenvalue weighted by Crippen LogP contribution is 2.31. The average Bonchev–Trinajstić information content (AvgIpc) is 3.10. The molecule has 1 aliphatic carbocycles. The van der Waals surface area contributed by atoms with Crippen molar-refractivity contribution >= 4 is 28.2 Å². The number of carbonyl (C=O) groups excluding carboxylic acids is 2. The smallest absolute Gasteiger partial charge is 0.261 e. The van der Waals surface area contributed by atoms with Gasteiger partial charge in [-0.05, 0) is 31.9 Å². The zero-order valence-electron chi connectivity index (χ0n) is 11.1. The number of carbonyl (C=O) groups is 2. The van der Waals surface area contributed by atoms with E-state index >= 15 is 0 Å². The Morgan fingerprint density at radius 3 is 2.84 bits per heavy atom. The Balaban J connectivity index is 1.88. The lowest BCUT2D eigenvalue weighted by atomic mass is 10.3. The minimum Gasteiger partial charge on any atom is -0.383 e. The van der Waals surface area contributed by atoms with Gasteiger partial charge in [0.25, 0.3) is 5.91 Å². The SMILES string of the molecule is COCC(C)NC(=O)c1ccc(NC(=O)C2CC2)s1. The zero-order chi connectivity index (χ0) is 13.8. The van der Waals surface area contributed by atoms with Crippen LogP contribution in [0.4, 0.5) is 5.00 Å². The maximum atomic E-state index is 11.9. The van der Waals surface area contributed by atoms with Gasteiger partial charge in [-0.2, -0.15) is 0 Å². The number of anilines is 1. The predicted octanol–water partition coefficient (Wildman–Crippen LogP) is 1.86. The summed E-state index contributed by atoms with van der Waals surface area (Å²) in [6.45, 7) is 2.35. The molecule has 1 heterocycles. The maximum Gasteiger partial charge on any atom is 0.261 e. The molecule has 0 aromatic carbocycles. The average molecular weight is 282 g/mol. The number of ether oxygens (including phenoxy) is 1. The Kier molecular flexibility index (Phi) is 4.55. The molecule has 19 heavy (non-hydrogen) atoms. The van der Waals surface area contributed by atoms with E-state index < -0.39 is 0 Å². The molecule has 1 aromatic heterocycles. The first-order valence-electron chi connectivity index (χ1n) is 6.30. The monoisotopic (exact) mass is 282 g/mol. The normalized spacial score (nSPS) is 15.9. The molecule has 5 nitrogen and oxygen atoms in total. The van der Waals surface area contributed by atoms with Gasteiger partial charge in [0.1, 0.15) is 0 Å². The molecule has 2 N–H and O–H groups in total. The number of amides is 2. The third kappa shape index (κ3) is 4.04. The lowest BCUT2D eigenvalue weighted by molar-refractivity contribution is -0.117. The minimum absolute atomic E-state index is 0.0379. The second kappa shape index (κ2) is 6.16. The van der Waals surface area contributed by atoms with Crippen LogP contribution >= 0.6 is 11.3 Å². The summed E-state index contributed by atoms with van der Waals surface area (Å²) in [5.74, 6) is 0.0872. The molecule has 104 valence electrons. The number of hydrogen-bond acceptors (Lipinski definition) is 4. The Bertz CT molecular complexity index is 468. The van der Waals surface area contributed by atoms with Crippen molar-refractivity contribution in [2.24, 2.45) is 5.92 Å². The van der Waals surface area contributed by atoms with E-state index in [0.717, 1.165) is 17.8 Å². The molecular formula is C13H18N2O3S. The van der Waals surface area contributed by atoms with Gasteiger partial charge in [0.05, 0.1) is 16.5 Å². The van der Waals surface area contributed by atoms with E-state index in [1.165, 1.54) is 11.3 Å². The van der Waals surface area contributed by atoms with E-state index in [1.807, 2.05) is 6.92 Å². The van der Waals surface area contributed by atoms with Gasteiger partial charge >= 0.3 is 0 Å². The van der Waals surface area contributed by atoms with E-state index in [2.05, 4.69) is 10.6 Å². The Hall–Kier alpha value is -1.40. The maximum absolute atomic E-state index is 11.9. The van der Waals surface area contributed by atoms with Crippen molar-refractivity contribution in [2.45, 2.75) is 25.8 Å². The molecule has 1 saturated carbocycles. The van der Waals surface area contributed by atoms with Crippen molar-refractivity contribution in [3.8, 4) is 0 Å². The summed E-state index contributed by atoms with van der Waals surface area (Å²) in [6, 6.07) is 3.45. The first-order valence-corrected chi connectivity index (χ1v) is 7.12. The van der Waals surface area contributed by atoms with Crippen LogP contribution in [0.3, 0.4) is 0 Å². The highest BCUT2D eigenvalue weighted by atomic mass is 32.1. The summed E-state index contributed by atoms with van der Waals surface area (Å²) in [5, 5.41) is 6.39. The van der Waals surface area contributed by atoms with Gasteiger partial charge in [0.2, 0.25) is 5.91 Å². The third-order valence-electron chi connectivity index (χ3n) is 2.82. The molecule has 1 aliphatic rings. The predicted molar refractivity (Wildman–Crippen MR) is 74.5 cm³/mol. The number of thiophene rings is 1. The topological polar surface area (TPSA) is 67.4 Å². The van der Waals surface area contributed by atoms with E-state index in [9.17, 15) is 9.59 Å². The number of nitrogens with one attached hydrogen (secondary N) is 2. The van der Waals surface area contributed by atoms with Gasteiger partial charge in [-0.3, -0.25) is 9.59 Å². The molecule has 1 atom stereocenters. The molecule has 1 aromatic rings. The van der Waals surface area contributed by atoms with Crippen LogP contribution in [0.5, 0.6) is 0 Å². The largest absolute Gasteiger partial charge is 0.383 e. The third-order valence-corrected chi connectivity index (χ3v) is 3.82. The van der Waals surface area contributed by atoms with E-state index in [0.29, 0.717) is 11.5 Å². The van der Waals surface area contributed by atoms with Crippen LogP contribution in [0, 0.1) is 5.92 Å². The van der Waals surface area contributed by atoms with Crippen molar-refractivity contribution in [2.75, 3.05) is 19.0 Å². The standard InChI is InChI=1S/C13H18N2O3S/c1-8(7-18-2)14-13(17)10-5-6-11(19-10)15-12(16)9-3-4-9/h5-6,8-9H,3-4,7H2,1-2H3,(H,14,17)(H,15,16). The van der Waals surface area contributed by atoms with Crippen molar-refractivity contribution in [3.05, 3.63) is 17.0 Å². The summed E-state index contributed by atoms with van der Waals surface area (Å²) in [7, 11) is 1.60. The lowest BCUT2D eigenvalue weighted by Crippen LogP contribution is -2.35. The fourth-order valence-electron chi connectivity index (χ4n) is 1.68. The Morgan fingerprint density at radius 1 is 1.47 bits per heavy atom. The van der Waals surface area contributed by atoms with Crippen molar-refractivity contribution in [3.63, 3.8) is 0 Å². The van der Waals surface area contributed by atoms with Crippen molar-refractivity contribution < 1.29 is 14.3 Å². The van der Waals surface area contributed by atoms with Crippen LogP contribution in [-0.4, -0.2) is 31.6 Å². The van der Waals surface area contributed by atoms with E-state index in [1.54, 1.807) is 19.2 Å². The van der Waals surface area contributed by atoms with Crippen molar-refractivity contribution in [1.29, 1.82) is 0 Å². The summed E-state index contributed by atoms with van der Waals surface area (Å²) in [4.78, 5) is 24.1. The summed E-state index contributed by atoms with van der Waals surface area (Å²) >= 11 is 1.29. The summed E-state index contributed by atoms with van der Waals surface area (Å²) < 4.78 is 4.96. The Labute approximate surface area is 116 Å². The molecule has 0 saturated heterocycles. The Morgan fingerprint density at radius 2 is 2.21 bits per heavy atom. The number of hydrogen-bond donors (Lipinski definition) is 2. The van der Waals surface area contributed by atoms with Gasteiger partial charge in [-0.25, -0.2) is 0 Å². The molecule has 2 amide bonds. The second-order valence-electron chi connectivity index (χ2n) is 4.76. The molecule has 0 aliphatic heterocycles. The highest BCUT2D eigenvalue weighted by Gasteiger charge is 2.29. The lowest BCUT2D eigenvalue weighted by Gasteiger charge is -2.11. The van der Waals surface area contributed by atoms with Crippen LogP contribution in [-0.2, 0) is 9.53 Å². The molecule has 2 rings (SSSR count). The second-order valence-corrected chi connectivity index (χ2v) is 5.84. The van der Waals surface area contributed by atoms with Gasteiger partial charge in [0, 0.05) is 19.1 Å². The van der Waals surface area contributed by atoms with Crippen LogP contribution in [0.1, 0.15) is 29.4 Å². The molecule has 0 bridgehead atoms. The summed E-state index contributed by atoms with van der Waals surface area (Å²) in [6.07, 6.45) is 1.94. The van der Waals surface area contributed by atoms with Crippen LogP contribution in [0.15, 0.2) is 12.1 Å². The molecule has 0 spiro atoms. The minimum atomic E-state index is -0.138. The van der Waals surface area contributed by atoms with Crippen LogP contribution in [0.2, 0.25) is 0 Å². The molecular weight excluding hydrogens is 264 g/mol. The van der Waals surface area contributed by atoms with E-state index in [4.69, 9.17) is 4.74 Å². The van der Waals surface area contributed by atoms with Gasteiger partial charge in [-0.1, -0.05) is 0 Å². The van der Waals surface area contributed by atoms with Gasteiger partial charge in [0.15, 0.2) is 0 Å². The first-order chi connectivity index (χ1) is 9.10. The molecule has 0 radical (unpaired) electrons. The van der Waals surface area contributed by atoms with Gasteiger partial charge < -0.3 is 15.4 Å². The number of methoxy groups -OCH3 is 1. The first kappa shape index (κ1) is 14.0. The number of rotatable bonds is 6. The molecule has 6 heteroatoms. The fourth-order valence-corrected chi connectivity index (χ4v) is 2.50. The van der Waals surface area contributed by atoms with Crippen LogP contribution < -0.4 is 10.6 Å². The quantitative estimate of drug-likeness (QED) is 0.837. The summed E-state index contributed by atoms with van der Waals surface area (Å²) in [5.41, 5.74) is 0. The van der Waals surface area contributed by atoms with Gasteiger partial charge in [-0.15, -0.1) is 11.3 Å². The van der Waals surface area contributed by atoms with Crippen LogP contribution in [0.25, 0.3) is 0 Å². The van der Waals surface area contributed by atoms with E-state index in [-0.39, 0.29) is 23.8 Å². The molecule has 1 unspecified atom stereocenters. The zero-order valence-corrected chi connectivity index (χ0v) is 11.9. The highest BCUT2D eigenvalue weighted by molar-refractivity contribution is 7.18.